The lowest BCUT2D eigenvalue weighted by molar-refractivity contribution is 0.00578. The molecule has 1 aromatic carbocycles. The molecular formula is C17H25BN2O4. The maximum atomic E-state index is 11.4. The highest BCUT2D eigenvalue weighted by Crippen LogP contribution is 2.36. The second kappa shape index (κ2) is 5.97. The number of nitrogens with one attached hydrogen (secondary N) is 1. The van der Waals surface area contributed by atoms with Crippen LogP contribution in [0.1, 0.15) is 27.7 Å². The largest absolute Gasteiger partial charge is 0.494 e. The maximum absolute atomic E-state index is 11.4. The summed E-state index contributed by atoms with van der Waals surface area (Å²) in [4.78, 5) is 13.1. The topological polar surface area (TPSA) is 60.0 Å². The summed E-state index contributed by atoms with van der Waals surface area (Å²) >= 11 is 0. The smallest absolute Gasteiger partial charge is 0.487 e. The SMILES string of the molecule is CNC(=O)N1CC(Oc2ccc(B3OC(C)(C)C(C)(C)O3)cc2)C1. The van der Waals surface area contributed by atoms with Crippen LogP contribution in [0.4, 0.5) is 4.79 Å². The van der Waals surface area contributed by atoms with Gasteiger partial charge in [0.15, 0.2) is 0 Å². The number of likely N-dealkylation sites (tertiary alicyclic amines) is 1. The number of nitrogens with zero attached hydrogens (tertiary/aromatic N) is 1. The summed E-state index contributed by atoms with van der Waals surface area (Å²) in [5.74, 6) is 0.789. The number of benzene rings is 1. The van der Waals surface area contributed by atoms with Crippen LogP contribution in [0.2, 0.25) is 0 Å². The van der Waals surface area contributed by atoms with Gasteiger partial charge in [0.05, 0.1) is 24.3 Å². The fraction of sp³-hybridized carbons (Fsp3) is 0.588. The average Bonchev–Trinajstić information content (AvgIpc) is 2.70. The second-order valence-corrected chi connectivity index (χ2v) is 7.36. The van der Waals surface area contributed by atoms with Gasteiger partial charge in [-0.2, -0.15) is 0 Å². The first kappa shape index (κ1) is 17.1. The molecule has 24 heavy (non-hydrogen) atoms. The van der Waals surface area contributed by atoms with Gasteiger partial charge in [-0.25, -0.2) is 4.79 Å². The van der Waals surface area contributed by atoms with Gasteiger partial charge in [-0.15, -0.1) is 0 Å². The zero-order valence-electron chi connectivity index (χ0n) is 15.0. The van der Waals surface area contributed by atoms with E-state index in [1.165, 1.54) is 0 Å². The molecule has 0 saturated carbocycles. The first-order valence-electron chi connectivity index (χ1n) is 8.31. The van der Waals surface area contributed by atoms with Gasteiger partial charge in [0.25, 0.3) is 0 Å². The highest BCUT2D eigenvalue weighted by atomic mass is 16.7. The lowest BCUT2D eigenvalue weighted by Gasteiger charge is -2.38. The number of ether oxygens (including phenoxy) is 1. The molecule has 2 aliphatic heterocycles. The Labute approximate surface area is 143 Å². The van der Waals surface area contributed by atoms with Crippen LogP contribution in [0.3, 0.4) is 0 Å². The Morgan fingerprint density at radius 2 is 1.71 bits per heavy atom. The Balaban J connectivity index is 1.56. The lowest BCUT2D eigenvalue weighted by Crippen LogP contribution is -2.58. The van der Waals surface area contributed by atoms with E-state index in [0.717, 1.165) is 11.2 Å². The molecule has 0 spiro atoms. The minimum absolute atomic E-state index is 0.0463. The zero-order chi connectivity index (χ0) is 17.5. The maximum Gasteiger partial charge on any atom is 0.494 e. The Morgan fingerprint density at radius 1 is 1.17 bits per heavy atom. The van der Waals surface area contributed by atoms with E-state index in [-0.39, 0.29) is 30.5 Å². The van der Waals surface area contributed by atoms with E-state index in [1.807, 2.05) is 52.0 Å². The molecule has 0 atom stereocenters. The van der Waals surface area contributed by atoms with Crippen LogP contribution in [0, 0.1) is 0 Å². The van der Waals surface area contributed by atoms with Crippen molar-refractivity contribution in [1.82, 2.24) is 10.2 Å². The van der Waals surface area contributed by atoms with E-state index in [1.54, 1.807) is 11.9 Å². The molecule has 1 aromatic rings. The molecule has 2 saturated heterocycles. The van der Waals surface area contributed by atoms with Crippen molar-refractivity contribution in [3.8, 4) is 5.75 Å². The van der Waals surface area contributed by atoms with E-state index < -0.39 is 0 Å². The average molecular weight is 332 g/mol. The summed E-state index contributed by atoms with van der Waals surface area (Å²) in [6.07, 6.45) is 0.0463. The van der Waals surface area contributed by atoms with E-state index in [2.05, 4.69) is 5.32 Å². The lowest BCUT2D eigenvalue weighted by atomic mass is 9.79. The highest BCUT2D eigenvalue weighted by Gasteiger charge is 2.51. The number of rotatable bonds is 3. The number of hydrogen-bond donors (Lipinski definition) is 1. The van der Waals surface area contributed by atoms with Crippen LogP contribution in [0.25, 0.3) is 0 Å². The summed E-state index contributed by atoms with van der Waals surface area (Å²) in [6, 6.07) is 7.71. The molecule has 7 heteroatoms. The number of hydrogen-bond acceptors (Lipinski definition) is 4. The minimum Gasteiger partial charge on any atom is -0.487 e. The Bertz CT molecular complexity index is 596. The van der Waals surface area contributed by atoms with Gasteiger partial charge in [-0.05, 0) is 45.3 Å². The zero-order valence-corrected chi connectivity index (χ0v) is 15.0. The van der Waals surface area contributed by atoms with E-state index in [0.29, 0.717) is 13.1 Å². The van der Waals surface area contributed by atoms with Crippen molar-refractivity contribution in [3.63, 3.8) is 0 Å². The van der Waals surface area contributed by atoms with Gasteiger partial charge in [0, 0.05) is 7.05 Å². The van der Waals surface area contributed by atoms with E-state index in [4.69, 9.17) is 14.0 Å². The molecule has 0 bridgehead atoms. The predicted molar refractivity (Wildman–Crippen MR) is 92.6 cm³/mol. The standard InChI is InChI=1S/C17H25BN2O4/c1-16(2)17(3,4)24-18(23-16)12-6-8-13(9-7-12)22-14-10-20(11-14)15(21)19-5/h6-9,14H,10-11H2,1-5H3,(H,19,21). The van der Waals surface area contributed by atoms with Crippen LogP contribution in [0.5, 0.6) is 5.75 Å². The predicted octanol–water partition coefficient (Wildman–Crippen LogP) is 1.39. The molecule has 2 aliphatic rings. The van der Waals surface area contributed by atoms with Crippen molar-refractivity contribution in [1.29, 1.82) is 0 Å². The van der Waals surface area contributed by atoms with Crippen molar-refractivity contribution in [2.45, 2.75) is 45.0 Å². The molecule has 1 N–H and O–H groups in total. The quantitative estimate of drug-likeness (QED) is 0.850. The molecule has 3 rings (SSSR count). The third-order valence-corrected chi connectivity index (χ3v) is 5.06. The fourth-order valence-electron chi connectivity index (χ4n) is 2.71. The summed E-state index contributed by atoms with van der Waals surface area (Å²) in [5.41, 5.74) is 0.283. The van der Waals surface area contributed by atoms with Gasteiger partial charge in [-0.1, -0.05) is 12.1 Å². The Kier molecular flexibility index (Phi) is 4.26. The molecule has 2 fully saturated rings. The molecule has 2 heterocycles. The monoisotopic (exact) mass is 332 g/mol. The first-order chi connectivity index (χ1) is 11.2. The molecule has 0 aromatic heterocycles. The highest BCUT2D eigenvalue weighted by molar-refractivity contribution is 6.62. The van der Waals surface area contributed by atoms with E-state index in [9.17, 15) is 4.79 Å². The number of urea groups is 1. The summed E-state index contributed by atoms with van der Waals surface area (Å²) < 4.78 is 18.0. The van der Waals surface area contributed by atoms with Crippen molar-refractivity contribution in [3.05, 3.63) is 24.3 Å². The van der Waals surface area contributed by atoms with Gasteiger partial charge in [-0.3, -0.25) is 0 Å². The molecule has 0 aliphatic carbocycles. The summed E-state index contributed by atoms with van der Waals surface area (Å²) in [5, 5.41) is 2.61. The third-order valence-electron chi connectivity index (χ3n) is 5.06. The number of carbonyl (C=O) groups excluding carboxylic acids is 1. The minimum atomic E-state index is -0.364. The van der Waals surface area contributed by atoms with Crippen LogP contribution in [-0.4, -0.2) is 55.5 Å². The third kappa shape index (κ3) is 3.10. The van der Waals surface area contributed by atoms with E-state index >= 15 is 0 Å². The fourth-order valence-corrected chi connectivity index (χ4v) is 2.71. The number of carbonyl (C=O) groups is 1. The normalized spacial score (nSPS) is 22.2. The van der Waals surface area contributed by atoms with Gasteiger partial charge in [0.2, 0.25) is 0 Å². The molecule has 130 valence electrons. The molecule has 0 unspecified atom stereocenters. The van der Waals surface area contributed by atoms with Crippen molar-refractivity contribution >= 4 is 18.6 Å². The Morgan fingerprint density at radius 3 is 2.21 bits per heavy atom. The second-order valence-electron chi connectivity index (χ2n) is 7.36. The summed E-state index contributed by atoms with van der Waals surface area (Å²) in [6.45, 7) is 9.38. The molecular weight excluding hydrogens is 307 g/mol. The molecule has 0 radical (unpaired) electrons. The van der Waals surface area contributed by atoms with Gasteiger partial charge < -0.3 is 24.3 Å². The van der Waals surface area contributed by atoms with Crippen molar-refractivity contribution in [2.75, 3.05) is 20.1 Å². The van der Waals surface area contributed by atoms with Crippen LogP contribution in [0.15, 0.2) is 24.3 Å². The Hall–Kier alpha value is -1.73. The molecule has 2 amide bonds. The van der Waals surface area contributed by atoms with Crippen LogP contribution < -0.4 is 15.5 Å². The number of amides is 2. The van der Waals surface area contributed by atoms with Gasteiger partial charge >= 0.3 is 13.1 Å². The van der Waals surface area contributed by atoms with Crippen molar-refractivity contribution in [2.24, 2.45) is 0 Å². The van der Waals surface area contributed by atoms with Gasteiger partial charge in [0.1, 0.15) is 11.9 Å². The molecule has 6 nitrogen and oxygen atoms in total. The van der Waals surface area contributed by atoms with Crippen LogP contribution in [-0.2, 0) is 9.31 Å². The van der Waals surface area contributed by atoms with Crippen LogP contribution >= 0.6 is 0 Å². The first-order valence-corrected chi connectivity index (χ1v) is 8.31. The summed E-state index contributed by atoms with van der Waals surface area (Å²) in [7, 11) is 1.27. The van der Waals surface area contributed by atoms with Crippen molar-refractivity contribution < 1.29 is 18.8 Å².